The number of hydrogen-bond donors (Lipinski definition) is 4. The van der Waals surface area contributed by atoms with Crippen molar-refractivity contribution in [2.75, 3.05) is 11.9 Å². The van der Waals surface area contributed by atoms with Crippen LogP contribution in [0.3, 0.4) is 0 Å². The Kier molecular flexibility index (Phi) is 5.07. The summed E-state index contributed by atoms with van der Waals surface area (Å²) < 4.78 is 0.523. The second kappa shape index (κ2) is 6.36. The molecule has 0 fully saturated rings. The molecule has 1 unspecified atom stereocenters. The molecule has 0 aliphatic rings. The monoisotopic (exact) mass is 341 g/mol. The lowest BCUT2D eigenvalue weighted by atomic mass is 10.1. The number of carbonyl (C=O) groups is 2. The van der Waals surface area contributed by atoms with Crippen LogP contribution in [-0.4, -0.2) is 34.4 Å². The fourth-order valence-electron chi connectivity index (χ4n) is 1.19. The third-order valence-electron chi connectivity index (χ3n) is 2.40. The van der Waals surface area contributed by atoms with Crippen LogP contribution in [0.2, 0.25) is 0 Å². The van der Waals surface area contributed by atoms with Crippen molar-refractivity contribution in [1.29, 1.82) is 5.26 Å². The van der Waals surface area contributed by atoms with Crippen LogP contribution < -0.4 is 10.6 Å². The number of hydrogen-bond acceptors (Lipinski definition) is 4. The Balaban J connectivity index is 2.62. The fourth-order valence-corrected chi connectivity index (χ4v) is 1.65. The van der Waals surface area contributed by atoms with Gasteiger partial charge in [-0.2, -0.15) is 5.26 Å². The number of aliphatic carboxylic acids is 1. The normalized spacial score (nSPS) is 12.9. The molecule has 0 aliphatic heterocycles. The number of carbonyl (C=O) groups excluding carboxylic acids is 1. The maximum atomic E-state index is 11.5. The Bertz CT molecular complexity index is 581. The number of nitrogens with one attached hydrogen (secondary N) is 2. The molecular weight excluding hydrogens is 330 g/mol. The van der Waals surface area contributed by atoms with Gasteiger partial charge in [0.15, 0.2) is 5.60 Å². The van der Waals surface area contributed by atoms with Crippen LogP contribution in [0, 0.1) is 11.3 Å². The number of amides is 2. The molecule has 0 radical (unpaired) electrons. The maximum absolute atomic E-state index is 11.5. The van der Waals surface area contributed by atoms with E-state index in [-0.39, 0.29) is 0 Å². The number of aliphatic hydroxyl groups is 1. The zero-order valence-corrected chi connectivity index (χ0v) is 12.1. The molecule has 2 amide bonds. The highest BCUT2D eigenvalue weighted by Crippen LogP contribution is 2.20. The van der Waals surface area contributed by atoms with Gasteiger partial charge in [-0.1, -0.05) is 0 Å². The average molecular weight is 342 g/mol. The van der Waals surface area contributed by atoms with Crippen LogP contribution in [0.1, 0.15) is 12.5 Å². The molecule has 0 saturated heterocycles. The van der Waals surface area contributed by atoms with Crippen LogP contribution in [0.4, 0.5) is 10.5 Å². The first-order valence-electron chi connectivity index (χ1n) is 5.46. The van der Waals surface area contributed by atoms with Gasteiger partial charge in [0.05, 0.1) is 12.1 Å². The summed E-state index contributed by atoms with van der Waals surface area (Å²) in [5.74, 6) is -1.43. The molecular formula is C12H12BrN3O4. The molecule has 1 atom stereocenters. The Morgan fingerprint density at radius 3 is 2.65 bits per heavy atom. The van der Waals surface area contributed by atoms with Crippen LogP contribution >= 0.6 is 15.9 Å². The topological polar surface area (TPSA) is 122 Å². The lowest BCUT2D eigenvalue weighted by Crippen LogP contribution is -2.47. The summed E-state index contributed by atoms with van der Waals surface area (Å²) in [7, 11) is 0. The zero-order valence-electron chi connectivity index (χ0n) is 10.5. The van der Waals surface area contributed by atoms with Gasteiger partial charge in [-0.15, -0.1) is 0 Å². The molecule has 1 aromatic carbocycles. The van der Waals surface area contributed by atoms with E-state index in [0.29, 0.717) is 15.7 Å². The molecule has 8 heteroatoms. The number of rotatable bonds is 4. The minimum absolute atomic E-state index is 0.420. The SMILES string of the molecule is CC(O)(CNC(=O)Nc1ccc(C#N)c(Br)c1)C(=O)O. The van der Waals surface area contributed by atoms with Crippen LogP contribution in [0.25, 0.3) is 0 Å². The molecule has 0 bridgehead atoms. The molecule has 1 rings (SSSR count). The Labute approximate surface area is 123 Å². The summed E-state index contributed by atoms with van der Waals surface area (Å²) in [6, 6.07) is 5.88. The van der Waals surface area contributed by atoms with E-state index in [9.17, 15) is 14.7 Å². The number of nitriles is 1. The molecule has 1 aromatic rings. The van der Waals surface area contributed by atoms with Crippen LogP contribution in [0.5, 0.6) is 0 Å². The van der Waals surface area contributed by atoms with Crippen molar-refractivity contribution >= 4 is 33.6 Å². The third-order valence-corrected chi connectivity index (χ3v) is 3.06. The van der Waals surface area contributed by atoms with Gasteiger partial charge in [0.1, 0.15) is 6.07 Å². The zero-order chi connectivity index (χ0) is 15.3. The summed E-state index contributed by atoms with van der Waals surface area (Å²) in [5, 5.41) is 31.6. The van der Waals surface area contributed by atoms with Crippen LogP contribution in [-0.2, 0) is 4.79 Å². The Hall–Kier alpha value is -2.11. The number of anilines is 1. The number of carboxylic acid groups (broad SMARTS) is 1. The quantitative estimate of drug-likeness (QED) is 0.656. The lowest BCUT2D eigenvalue weighted by molar-refractivity contribution is -0.155. The highest BCUT2D eigenvalue weighted by Gasteiger charge is 2.30. The largest absolute Gasteiger partial charge is 0.479 e. The van der Waals surface area contributed by atoms with E-state index in [1.165, 1.54) is 18.2 Å². The molecule has 0 aromatic heterocycles. The number of benzene rings is 1. The second-order valence-corrected chi connectivity index (χ2v) is 5.05. The second-order valence-electron chi connectivity index (χ2n) is 4.19. The van der Waals surface area contributed by atoms with Gasteiger partial charge in [0, 0.05) is 10.2 Å². The highest BCUT2D eigenvalue weighted by molar-refractivity contribution is 9.10. The first kappa shape index (κ1) is 15.9. The number of halogens is 1. The van der Waals surface area contributed by atoms with Gasteiger partial charge >= 0.3 is 12.0 Å². The molecule has 0 spiro atoms. The molecule has 0 heterocycles. The smallest absolute Gasteiger partial charge is 0.337 e. The van der Waals surface area contributed by atoms with Gasteiger partial charge < -0.3 is 20.8 Å². The summed E-state index contributed by atoms with van der Waals surface area (Å²) in [6.45, 7) is 0.638. The maximum Gasteiger partial charge on any atom is 0.337 e. The summed E-state index contributed by atoms with van der Waals surface area (Å²) in [6.07, 6.45) is 0. The van der Waals surface area contributed by atoms with E-state index in [0.717, 1.165) is 6.92 Å². The van der Waals surface area contributed by atoms with E-state index >= 15 is 0 Å². The lowest BCUT2D eigenvalue weighted by Gasteiger charge is -2.18. The van der Waals surface area contributed by atoms with E-state index in [2.05, 4.69) is 26.6 Å². The van der Waals surface area contributed by atoms with Crippen LogP contribution in [0.15, 0.2) is 22.7 Å². The van der Waals surface area contributed by atoms with E-state index < -0.39 is 24.1 Å². The first-order valence-corrected chi connectivity index (χ1v) is 6.26. The minimum atomic E-state index is -2.04. The van der Waals surface area contributed by atoms with Crippen molar-refractivity contribution in [1.82, 2.24) is 5.32 Å². The average Bonchev–Trinajstić information content (AvgIpc) is 2.36. The molecule has 20 heavy (non-hydrogen) atoms. The van der Waals surface area contributed by atoms with Crippen molar-refractivity contribution in [3.63, 3.8) is 0 Å². The number of carboxylic acids is 1. The van der Waals surface area contributed by atoms with Gasteiger partial charge in [-0.25, -0.2) is 9.59 Å². The third kappa shape index (κ3) is 4.22. The summed E-state index contributed by atoms with van der Waals surface area (Å²) >= 11 is 3.18. The standard InChI is InChI=1S/C12H12BrN3O4/c1-12(20,10(17)18)6-15-11(19)16-8-3-2-7(5-14)9(13)4-8/h2-4,20H,6H2,1H3,(H,17,18)(H2,15,16,19). The van der Waals surface area contributed by atoms with Gasteiger partial charge in [-0.3, -0.25) is 0 Å². The minimum Gasteiger partial charge on any atom is -0.479 e. The van der Waals surface area contributed by atoms with Gasteiger partial charge in [-0.05, 0) is 41.1 Å². The fraction of sp³-hybridized carbons (Fsp3) is 0.250. The summed E-state index contributed by atoms with van der Waals surface area (Å²) in [5.41, 5.74) is -1.20. The van der Waals surface area contributed by atoms with E-state index in [1.807, 2.05) is 6.07 Å². The van der Waals surface area contributed by atoms with E-state index in [4.69, 9.17) is 10.4 Å². The molecule has 7 nitrogen and oxygen atoms in total. The Morgan fingerprint density at radius 1 is 1.50 bits per heavy atom. The first-order chi connectivity index (χ1) is 9.26. The van der Waals surface area contributed by atoms with E-state index in [1.54, 1.807) is 0 Å². The number of urea groups is 1. The van der Waals surface area contributed by atoms with Crippen molar-refractivity contribution in [3.8, 4) is 6.07 Å². The number of nitrogens with zero attached hydrogens (tertiary/aromatic N) is 1. The molecule has 0 aliphatic carbocycles. The van der Waals surface area contributed by atoms with Crippen molar-refractivity contribution in [2.45, 2.75) is 12.5 Å². The molecule has 0 saturated carbocycles. The molecule has 4 N–H and O–H groups in total. The Morgan fingerprint density at radius 2 is 2.15 bits per heavy atom. The predicted octanol–water partition coefficient (Wildman–Crippen LogP) is 1.28. The highest BCUT2D eigenvalue weighted by atomic mass is 79.9. The molecule has 106 valence electrons. The van der Waals surface area contributed by atoms with Crippen molar-refractivity contribution in [2.24, 2.45) is 0 Å². The predicted molar refractivity (Wildman–Crippen MR) is 74.1 cm³/mol. The van der Waals surface area contributed by atoms with Crippen molar-refractivity contribution in [3.05, 3.63) is 28.2 Å². The van der Waals surface area contributed by atoms with Crippen molar-refractivity contribution < 1.29 is 19.8 Å². The van der Waals surface area contributed by atoms with Gasteiger partial charge in [0.2, 0.25) is 0 Å². The van der Waals surface area contributed by atoms with Gasteiger partial charge in [0.25, 0.3) is 0 Å². The summed E-state index contributed by atoms with van der Waals surface area (Å²) in [4.78, 5) is 22.2.